The Morgan fingerprint density at radius 3 is 2.81 bits per heavy atom. The maximum absolute atomic E-state index is 11.1. The Morgan fingerprint density at radius 1 is 1.56 bits per heavy atom. The van der Waals surface area contributed by atoms with Crippen molar-refractivity contribution in [2.75, 3.05) is 20.6 Å². The standard InChI is InChI=1S/C10H15ClN4O/c1-7-4-8(11)14-9(13-7)5-15(3)6-10(16)12-2/h4H,5-6H2,1-3H3,(H,12,16). The summed E-state index contributed by atoms with van der Waals surface area (Å²) in [6.07, 6.45) is 0. The summed E-state index contributed by atoms with van der Waals surface area (Å²) < 4.78 is 0. The smallest absolute Gasteiger partial charge is 0.233 e. The highest BCUT2D eigenvalue weighted by molar-refractivity contribution is 6.29. The molecule has 0 spiro atoms. The van der Waals surface area contributed by atoms with E-state index < -0.39 is 0 Å². The quantitative estimate of drug-likeness (QED) is 0.787. The SMILES string of the molecule is CNC(=O)CN(C)Cc1nc(C)cc(Cl)n1. The van der Waals surface area contributed by atoms with Crippen LogP contribution in [0.15, 0.2) is 6.07 Å². The van der Waals surface area contributed by atoms with Crippen molar-refractivity contribution < 1.29 is 4.79 Å². The van der Waals surface area contributed by atoms with Crippen LogP contribution in [0.5, 0.6) is 0 Å². The van der Waals surface area contributed by atoms with Gasteiger partial charge >= 0.3 is 0 Å². The Labute approximate surface area is 99.8 Å². The fourth-order valence-corrected chi connectivity index (χ4v) is 1.54. The molecule has 5 nitrogen and oxygen atoms in total. The maximum Gasteiger partial charge on any atom is 0.233 e. The number of halogens is 1. The fourth-order valence-electron chi connectivity index (χ4n) is 1.28. The Balaban J connectivity index is 2.62. The number of aromatic nitrogens is 2. The molecule has 1 amide bonds. The van der Waals surface area contributed by atoms with E-state index in [1.807, 2.05) is 18.9 Å². The number of nitrogens with one attached hydrogen (secondary N) is 1. The minimum atomic E-state index is -0.0405. The molecule has 88 valence electrons. The van der Waals surface area contributed by atoms with Crippen molar-refractivity contribution in [3.63, 3.8) is 0 Å². The molecule has 0 aliphatic heterocycles. The first-order valence-electron chi connectivity index (χ1n) is 4.90. The van der Waals surface area contributed by atoms with Gasteiger partial charge in [0.2, 0.25) is 5.91 Å². The monoisotopic (exact) mass is 242 g/mol. The summed E-state index contributed by atoms with van der Waals surface area (Å²) in [5, 5.41) is 2.98. The topological polar surface area (TPSA) is 58.1 Å². The van der Waals surface area contributed by atoms with Crippen LogP contribution in [0.2, 0.25) is 5.15 Å². The Bertz CT molecular complexity index is 363. The highest BCUT2D eigenvalue weighted by Gasteiger charge is 2.08. The van der Waals surface area contributed by atoms with Crippen molar-refractivity contribution in [1.29, 1.82) is 0 Å². The zero-order valence-electron chi connectivity index (χ0n) is 9.62. The van der Waals surface area contributed by atoms with Gasteiger partial charge in [0.1, 0.15) is 11.0 Å². The molecule has 0 saturated carbocycles. The van der Waals surface area contributed by atoms with Crippen LogP contribution in [0, 0.1) is 6.92 Å². The number of hydrogen-bond donors (Lipinski definition) is 1. The molecular formula is C10H15ClN4O. The molecule has 0 saturated heterocycles. The molecule has 1 heterocycles. The Kier molecular flexibility index (Phi) is 4.64. The first kappa shape index (κ1) is 12.9. The summed E-state index contributed by atoms with van der Waals surface area (Å²) in [6, 6.07) is 1.70. The maximum atomic E-state index is 11.1. The number of carbonyl (C=O) groups is 1. The van der Waals surface area contributed by atoms with Crippen molar-refractivity contribution in [2.45, 2.75) is 13.5 Å². The summed E-state index contributed by atoms with van der Waals surface area (Å²) >= 11 is 5.82. The summed E-state index contributed by atoms with van der Waals surface area (Å²) in [6.45, 7) is 2.66. The number of nitrogens with zero attached hydrogens (tertiary/aromatic N) is 3. The number of carbonyl (C=O) groups excluding carboxylic acids is 1. The van der Waals surface area contributed by atoms with E-state index in [-0.39, 0.29) is 5.91 Å². The van der Waals surface area contributed by atoms with Crippen LogP contribution >= 0.6 is 11.6 Å². The van der Waals surface area contributed by atoms with Gasteiger partial charge in [-0.25, -0.2) is 9.97 Å². The summed E-state index contributed by atoms with van der Waals surface area (Å²) in [4.78, 5) is 21.3. The van der Waals surface area contributed by atoms with Gasteiger partial charge in [-0.1, -0.05) is 11.6 Å². The second-order valence-corrected chi connectivity index (χ2v) is 3.98. The van der Waals surface area contributed by atoms with Crippen molar-refractivity contribution in [3.8, 4) is 0 Å². The number of likely N-dealkylation sites (N-methyl/N-ethyl adjacent to an activating group) is 2. The lowest BCUT2D eigenvalue weighted by Crippen LogP contribution is -2.33. The van der Waals surface area contributed by atoms with Gasteiger partial charge in [-0.15, -0.1) is 0 Å². The van der Waals surface area contributed by atoms with E-state index in [0.717, 1.165) is 5.69 Å². The number of amides is 1. The first-order chi connectivity index (χ1) is 7.51. The zero-order valence-corrected chi connectivity index (χ0v) is 10.4. The molecule has 0 atom stereocenters. The van der Waals surface area contributed by atoms with Gasteiger partial charge in [-0.3, -0.25) is 9.69 Å². The molecule has 1 aromatic rings. The van der Waals surface area contributed by atoms with Crippen molar-refractivity contribution in [2.24, 2.45) is 0 Å². The summed E-state index contributed by atoms with van der Waals surface area (Å²) in [5.74, 6) is 0.581. The molecule has 1 rings (SSSR count). The highest BCUT2D eigenvalue weighted by Crippen LogP contribution is 2.07. The van der Waals surface area contributed by atoms with Crippen LogP contribution in [-0.2, 0) is 11.3 Å². The lowest BCUT2D eigenvalue weighted by atomic mass is 10.4. The van der Waals surface area contributed by atoms with Gasteiger partial charge in [-0.2, -0.15) is 0 Å². The first-order valence-corrected chi connectivity index (χ1v) is 5.28. The lowest BCUT2D eigenvalue weighted by Gasteiger charge is -2.14. The van der Waals surface area contributed by atoms with Crippen molar-refractivity contribution >= 4 is 17.5 Å². The lowest BCUT2D eigenvalue weighted by molar-refractivity contribution is -0.121. The fraction of sp³-hybridized carbons (Fsp3) is 0.500. The van der Waals surface area contributed by atoms with Gasteiger partial charge in [0.15, 0.2) is 0 Å². The number of rotatable bonds is 4. The average molecular weight is 243 g/mol. The molecule has 0 aliphatic rings. The third-order valence-electron chi connectivity index (χ3n) is 1.97. The number of aryl methyl sites for hydroxylation is 1. The molecule has 0 radical (unpaired) electrons. The molecule has 6 heteroatoms. The van der Waals surface area contributed by atoms with Gasteiger partial charge in [0, 0.05) is 12.7 Å². The summed E-state index contributed by atoms with van der Waals surface area (Å²) in [5.41, 5.74) is 0.823. The summed E-state index contributed by atoms with van der Waals surface area (Å²) in [7, 11) is 3.44. The van der Waals surface area contributed by atoms with Crippen LogP contribution in [0.25, 0.3) is 0 Å². The van der Waals surface area contributed by atoms with Crippen LogP contribution in [0.1, 0.15) is 11.5 Å². The molecule has 0 unspecified atom stereocenters. The average Bonchev–Trinajstić information content (AvgIpc) is 2.15. The van der Waals surface area contributed by atoms with E-state index in [2.05, 4.69) is 15.3 Å². The predicted octanol–water partition coefficient (Wildman–Crippen LogP) is 0.616. The Hall–Kier alpha value is -1.20. The highest BCUT2D eigenvalue weighted by atomic mass is 35.5. The van der Waals surface area contributed by atoms with Gasteiger partial charge in [0.05, 0.1) is 13.1 Å². The molecule has 0 fully saturated rings. The molecule has 0 aliphatic carbocycles. The Morgan fingerprint density at radius 2 is 2.25 bits per heavy atom. The number of hydrogen-bond acceptors (Lipinski definition) is 4. The largest absolute Gasteiger partial charge is 0.358 e. The minimum Gasteiger partial charge on any atom is -0.358 e. The van der Waals surface area contributed by atoms with E-state index >= 15 is 0 Å². The van der Waals surface area contributed by atoms with Gasteiger partial charge in [0.25, 0.3) is 0 Å². The normalized spacial score (nSPS) is 10.6. The molecular weight excluding hydrogens is 228 g/mol. The second-order valence-electron chi connectivity index (χ2n) is 3.59. The molecule has 0 bridgehead atoms. The molecule has 0 aromatic carbocycles. The molecule has 1 aromatic heterocycles. The third-order valence-corrected chi connectivity index (χ3v) is 2.17. The van der Waals surface area contributed by atoms with Crippen molar-refractivity contribution in [1.82, 2.24) is 20.2 Å². The second kappa shape index (κ2) is 5.77. The van der Waals surface area contributed by atoms with Gasteiger partial charge in [-0.05, 0) is 20.0 Å². The van der Waals surface area contributed by atoms with Crippen LogP contribution in [-0.4, -0.2) is 41.4 Å². The van der Waals surface area contributed by atoms with E-state index in [1.165, 1.54) is 0 Å². The van der Waals surface area contributed by atoms with E-state index in [1.54, 1.807) is 13.1 Å². The van der Waals surface area contributed by atoms with Crippen LogP contribution < -0.4 is 5.32 Å². The van der Waals surface area contributed by atoms with Gasteiger partial charge < -0.3 is 5.32 Å². The van der Waals surface area contributed by atoms with Crippen LogP contribution in [0.3, 0.4) is 0 Å². The third kappa shape index (κ3) is 4.12. The van der Waals surface area contributed by atoms with Crippen molar-refractivity contribution in [3.05, 3.63) is 22.7 Å². The van der Waals surface area contributed by atoms with E-state index in [4.69, 9.17) is 11.6 Å². The zero-order chi connectivity index (χ0) is 12.1. The minimum absolute atomic E-state index is 0.0405. The van der Waals surface area contributed by atoms with Crippen LogP contribution in [0.4, 0.5) is 0 Å². The molecule has 1 N–H and O–H groups in total. The van der Waals surface area contributed by atoms with E-state index in [0.29, 0.717) is 24.1 Å². The predicted molar refractivity (Wildman–Crippen MR) is 62.2 cm³/mol. The molecule has 16 heavy (non-hydrogen) atoms. The van der Waals surface area contributed by atoms with E-state index in [9.17, 15) is 4.79 Å².